The average molecular weight is 477 g/mol. The minimum Gasteiger partial charge on any atom is -0.481 e. The van der Waals surface area contributed by atoms with Crippen LogP contribution in [-0.4, -0.2) is 53.7 Å². The Morgan fingerprint density at radius 3 is 2.23 bits per heavy atom. The van der Waals surface area contributed by atoms with Gasteiger partial charge in [-0.15, -0.1) is 0 Å². The van der Waals surface area contributed by atoms with Gasteiger partial charge in [-0.3, -0.25) is 9.59 Å². The number of nitrogens with zero attached hydrogens (tertiary/aromatic N) is 1. The van der Waals surface area contributed by atoms with Crippen LogP contribution in [0.1, 0.15) is 56.1 Å². The minimum absolute atomic E-state index is 0.00466. The van der Waals surface area contributed by atoms with Crippen LogP contribution in [0, 0.1) is 11.3 Å². The first-order valence-corrected chi connectivity index (χ1v) is 12.5. The predicted molar refractivity (Wildman–Crippen MR) is 131 cm³/mol. The van der Waals surface area contributed by atoms with E-state index >= 15 is 0 Å². The molecule has 2 aromatic rings. The van der Waals surface area contributed by atoms with Gasteiger partial charge < -0.3 is 20.1 Å². The average Bonchev–Trinajstić information content (AvgIpc) is 3.16. The van der Waals surface area contributed by atoms with E-state index in [1.807, 2.05) is 31.2 Å². The highest BCUT2D eigenvalue weighted by Crippen LogP contribution is 2.45. The first kappa shape index (κ1) is 23.4. The van der Waals surface area contributed by atoms with Gasteiger partial charge in [0.25, 0.3) is 0 Å². The number of hydrogen-bond donors (Lipinski definition) is 2. The molecule has 3 aliphatic rings. The number of alkyl carbamates (subject to hydrolysis) is 1. The maximum atomic E-state index is 13.5. The molecule has 1 aliphatic heterocycles. The standard InChI is InChI=1S/C28H32N2O5/c1-18-11-12-19(25(31)32)15-30(18)26(33)28(13-6-14-28)17-29-27(34)35-16-24-22-9-4-2-7-20(22)21-8-3-5-10-23(21)24/h2-5,7-10,18-19,24H,6,11-17H2,1H3,(H,29,34)(H,31,32). The number of carbonyl (C=O) groups is 3. The summed E-state index contributed by atoms with van der Waals surface area (Å²) >= 11 is 0. The number of rotatable bonds is 6. The van der Waals surface area contributed by atoms with Gasteiger partial charge in [0.1, 0.15) is 6.61 Å². The number of piperidine rings is 1. The van der Waals surface area contributed by atoms with Crippen LogP contribution in [0.2, 0.25) is 0 Å². The molecule has 1 saturated heterocycles. The Morgan fingerprint density at radius 1 is 1.03 bits per heavy atom. The zero-order chi connectivity index (χ0) is 24.6. The molecule has 35 heavy (non-hydrogen) atoms. The number of amides is 2. The normalized spacial score (nSPS) is 22.5. The highest BCUT2D eigenvalue weighted by atomic mass is 16.5. The Labute approximate surface area is 205 Å². The summed E-state index contributed by atoms with van der Waals surface area (Å²) in [6.45, 7) is 2.65. The van der Waals surface area contributed by atoms with Crippen LogP contribution in [0.5, 0.6) is 0 Å². The second kappa shape index (κ2) is 9.36. The number of carboxylic acid groups (broad SMARTS) is 1. The molecule has 7 nitrogen and oxygen atoms in total. The molecule has 0 radical (unpaired) electrons. The Bertz CT molecular complexity index is 1100. The van der Waals surface area contributed by atoms with E-state index in [9.17, 15) is 19.5 Å². The SMILES string of the molecule is CC1CCC(C(=O)O)CN1C(=O)C1(CNC(=O)OCC2c3ccccc3-c3ccccc32)CCC1. The third kappa shape index (κ3) is 4.28. The Morgan fingerprint density at radius 2 is 1.66 bits per heavy atom. The highest BCUT2D eigenvalue weighted by Gasteiger charge is 2.48. The van der Waals surface area contributed by atoms with Crippen molar-refractivity contribution in [3.8, 4) is 11.1 Å². The lowest BCUT2D eigenvalue weighted by atomic mass is 9.67. The predicted octanol–water partition coefficient (Wildman–Crippen LogP) is 4.41. The molecule has 1 saturated carbocycles. The number of benzene rings is 2. The van der Waals surface area contributed by atoms with Crippen molar-refractivity contribution < 1.29 is 24.2 Å². The van der Waals surface area contributed by atoms with E-state index in [-0.39, 0.29) is 37.6 Å². The number of nitrogens with one attached hydrogen (secondary N) is 1. The van der Waals surface area contributed by atoms with Crippen LogP contribution in [0.25, 0.3) is 11.1 Å². The third-order valence-corrected chi connectivity index (χ3v) is 8.17. The number of hydrogen-bond acceptors (Lipinski definition) is 4. The maximum absolute atomic E-state index is 13.5. The van der Waals surface area contributed by atoms with Crippen molar-refractivity contribution in [1.82, 2.24) is 10.2 Å². The fraction of sp³-hybridized carbons (Fsp3) is 0.464. The van der Waals surface area contributed by atoms with Crippen LogP contribution in [0.3, 0.4) is 0 Å². The zero-order valence-corrected chi connectivity index (χ0v) is 20.0. The second-order valence-corrected chi connectivity index (χ2v) is 10.2. The molecule has 184 valence electrons. The number of carbonyl (C=O) groups excluding carboxylic acids is 2. The number of carboxylic acids is 1. The van der Waals surface area contributed by atoms with Gasteiger partial charge in [0, 0.05) is 25.0 Å². The summed E-state index contributed by atoms with van der Waals surface area (Å²) in [7, 11) is 0. The number of likely N-dealkylation sites (tertiary alicyclic amines) is 1. The molecule has 0 aromatic heterocycles. The van der Waals surface area contributed by atoms with Crippen molar-refractivity contribution in [2.24, 2.45) is 11.3 Å². The topological polar surface area (TPSA) is 95.9 Å². The molecule has 2 aromatic carbocycles. The molecule has 5 rings (SSSR count). The van der Waals surface area contributed by atoms with Crippen molar-refractivity contribution in [2.75, 3.05) is 19.7 Å². The molecule has 2 N–H and O–H groups in total. The van der Waals surface area contributed by atoms with Gasteiger partial charge in [-0.25, -0.2) is 4.79 Å². The molecule has 0 spiro atoms. The van der Waals surface area contributed by atoms with Crippen molar-refractivity contribution in [2.45, 2.75) is 51.0 Å². The van der Waals surface area contributed by atoms with Gasteiger partial charge in [0.2, 0.25) is 5.91 Å². The summed E-state index contributed by atoms with van der Waals surface area (Å²) in [5, 5.41) is 12.3. The Kier molecular flexibility index (Phi) is 6.26. The molecular weight excluding hydrogens is 444 g/mol. The fourth-order valence-electron chi connectivity index (χ4n) is 5.86. The summed E-state index contributed by atoms with van der Waals surface area (Å²) < 4.78 is 5.65. The summed E-state index contributed by atoms with van der Waals surface area (Å²) in [6.07, 6.45) is 3.04. The summed E-state index contributed by atoms with van der Waals surface area (Å²) in [5.41, 5.74) is 3.98. The minimum atomic E-state index is -0.853. The lowest BCUT2D eigenvalue weighted by Crippen LogP contribution is -2.58. The Balaban J connectivity index is 1.21. The lowest BCUT2D eigenvalue weighted by Gasteiger charge is -2.47. The largest absolute Gasteiger partial charge is 0.481 e. The molecular formula is C28H32N2O5. The first-order chi connectivity index (χ1) is 16.9. The highest BCUT2D eigenvalue weighted by molar-refractivity contribution is 5.86. The second-order valence-electron chi connectivity index (χ2n) is 10.2. The Hall–Kier alpha value is -3.35. The maximum Gasteiger partial charge on any atom is 0.407 e. The van der Waals surface area contributed by atoms with Crippen LogP contribution in [-0.2, 0) is 14.3 Å². The monoisotopic (exact) mass is 476 g/mol. The zero-order valence-electron chi connectivity index (χ0n) is 20.0. The van der Waals surface area contributed by atoms with Crippen LogP contribution < -0.4 is 5.32 Å². The molecule has 0 bridgehead atoms. The van der Waals surface area contributed by atoms with E-state index in [4.69, 9.17) is 4.74 Å². The van der Waals surface area contributed by atoms with Gasteiger partial charge >= 0.3 is 12.1 Å². The van der Waals surface area contributed by atoms with Crippen LogP contribution in [0.15, 0.2) is 48.5 Å². The van der Waals surface area contributed by atoms with Gasteiger partial charge in [-0.05, 0) is 54.9 Å². The lowest BCUT2D eigenvalue weighted by molar-refractivity contribution is -0.155. The van der Waals surface area contributed by atoms with Gasteiger partial charge in [0.05, 0.1) is 11.3 Å². The van der Waals surface area contributed by atoms with E-state index in [2.05, 4.69) is 29.6 Å². The third-order valence-electron chi connectivity index (χ3n) is 8.17. The van der Waals surface area contributed by atoms with E-state index < -0.39 is 23.4 Å². The van der Waals surface area contributed by atoms with E-state index in [1.165, 1.54) is 11.1 Å². The molecule has 2 fully saturated rings. The number of aliphatic carboxylic acids is 1. The molecule has 2 aliphatic carbocycles. The van der Waals surface area contributed by atoms with Crippen molar-refractivity contribution in [3.63, 3.8) is 0 Å². The molecule has 2 unspecified atom stereocenters. The molecule has 2 atom stereocenters. The molecule has 1 heterocycles. The van der Waals surface area contributed by atoms with E-state index in [0.717, 1.165) is 17.5 Å². The van der Waals surface area contributed by atoms with Crippen LogP contribution >= 0.6 is 0 Å². The number of ether oxygens (including phenoxy) is 1. The summed E-state index contributed by atoms with van der Waals surface area (Å²) in [4.78, 5) is 39.4. The quantitative estimate of drug-likeness (QED) is 0.644. The molecule has 2 amide bonds. The van der Waals surface area contributed by atoms with E-state index in [0.29, 0.717) is 25.7 Å². The van der Waals surface area contributed by atoms with Gasteiger partial charge in [-0.2, -0.15) is 0 Å². The summed E-state index contributed by atoms with van der Waals surface area (Å²) in [6, 6.07) is 16.4. The number of fused-ring (bicyclic) bond motifs is 3. The smallest absolute Gasteiger partial charge is 0.407 e. The van der Waals surface area contributed by atoms with Crippen molar-refractivity contribution in [1.29, 1.82) is 0 Å². The van der Waals surface area contributed by atoms with Crippen molar-refractivity contribution >= 4 is 18.0 Å². The first-order valence-electron chi connectivity index (χ1n) is 12.5. The van der Waals surface area contributed by atoms with Crippen LogP contribution in [0.4, 0.5) is 4.79 Å². The summed E-state index contributed by atoms with van der Waals surface area (Å²) in [5.74, 6) is -1.44. The fourth-order valence-corrected chi connectivity index (χ4v) is 5.86. The van der Waals surface area contributed by atoms with Gasteiger partial charge in [-0.1, -0.05) is 55.0 Å². The van der Waals surface area contributed by atoms with Gasteiger partial charge in [0.15, 0.2) is 0 Å². The molecule has 7 heteroatoms. The van der Waals surface area contributed by atoms with E-state index in [1.54, 1.807) is 4.90 Å². The van der Waals surface area contributed by atoms with Crippen molar-refractivity contribution in [3.05, 3.63) is 59.7 Å².